The molecule has 0 spiro atoms. The minimum atomic E-state index is -3.51. The quantitative estimate of drug-likeness (QED) is 0.409. The second-order valence-corrected chi connectivity index (χ2v) is 10.8. The zero-order chi connectivity index (χ0) is 26.7. The van der Waals surface area contributed by atoms with Crippen molar-refractivity contribution >= 4 is 27.5 Å². The maximum absolute atomic E-state index is 13.5. The van der Waals surface area contributed by atoms with Crippen LogP contribution in [0.2, 0.25) is 0 Å². The Labute approximate surface area is 215 Å². The molecule has 2 amide bonds. The summed E-state index contributed by atoms with van der Waals surface area (Å²) < 4.78 is 31.3. The standard InChI is InChI=1S/C27H39N3O5S/c1-6-21(3)28-27(32)25(7-2)29(20-22-15-17-24(35-4)18-16-22)26(31)14-11-19-30(36(5,33)34)23-12-9-8-10-13-23/h8-10,12-13,15-18,21,25H,6-7,11,14,19-20H2,1-5H3,(H,28,32)/t21-,25-/m1/s1. The number of benzene rings is 2. The van der Waals surface area contributed by atoms with Gasteiger partial charge in [0.15, 0.2) is 0 Å². The van der Waals surface area contributed by atoms with Gasteiger partial charge in [-0.25, -0.2) is 8.42 Å². The first-order valence-corrected chi connectivity index (χ1v) is 14.2. The van der Waals surface area contributed by atoms with E-state index < -0.39 is 16.1 Å². The molecule has 0 saturated carbocycles. The number of amides is 2. The van der Waals surface area contributed by atoms with Gasteiger partial charge in [0.05, 0.1) is 19.1 Å². The molecule has 2 aromatic carbocycles. The Morgan fingerprint density at radius 3 is 2.17 bits per heavy atom. The van der Waals surface area contributed by atoms with Gasteiger partial charge in [-0.3, -0.25) is 13.9 Å². The number of anilines is 1. The molecule has 198 valence electrons. The van der Waals surface area contributed by atoms with E-state index >= 15 is 0 Å². The normalized spacial score (nSPS) is 12.9. The maximum Gasteiger partial charge on any atom is 0.243 e. The smallest absolute Gasteiger partial charge is 0.243 e. The summed E-state index contributed by atoms with van der Waals surface area (Å²) in [5.41, 5.74) is 1.43. The third kappa shape index (κ3) is 8.55. The van der Waals surface area contributed by atoms with Gasteiger partial charge in [0, 0.05) is 25.6 Å². The van der Waals surface area contributed by atoms with Gasteiger partial charge in [0.1, 0.15) is 11.8 Å². The molecular weight excluding hydrogens is 478 g/mol. The number of carbonyl (C=O) groups excluding carboxylic acids is 2. The van der Waals surface area contributed by atoms with E-state index in [2.05, 4.69) is 5.32 Å². The average molecular weight is 518 g/mol. The van der Waals surface area contributed by atoms with E-state index in [-0.39, 0.29) is 37.4 Å². The van der Waals surface area contributed by atoms with Crippen molar-refractivity contribution in [1.82, 2.24) is 10.2 Å². The Hall–Kier alpha value is -3.07. The molecule has 0 heterocycles. The molecule has 0 aliphatic carbocycles. The number of nitrogens with one attached hydrogen (secondary N) is 1. The highest BCUT2D eigenvalue weighted by molar-refractivity contribution is 7.92. The third-order valence-electron chi connectivity index (χ3n) is 6.10. The fourth-order valence-electron chi connectivity index (χ4n) is 3.89. The van der Waals surface area contributed by atoms with Crippen LogP contribution in [0, 0.1) is 0 Å². The number of ether oxygens (including phenoxy) is 1. The van der Waals surface area contributed by atoms with Crippen LogP contribution in [0.1, 0.15) is 52.0 Å². The lowest BCUT2D eigenvalue weighted by Crippen LogP contribution is -2.50. The molecule has 2 rings (SSSR count). The molecule has 0 radical (unpaired) electrons. The molecule has 9 heteroatoms. The molecule has 0 saturated heterocycles. The molecule has 2 atom stereocenters. The molecule has 8 nitrogen and oxygen atoms in total. The number of sulfonamides is 1. The molecule has 0 unspecified atom stereocenters. The van der Waals surface area contributed by atoms with Crippen molar-refractivity contribution in [3.63, 3.8) is 0 Å². The van der Waals surface area contributed by atoms with Gasteiger partial charge in [-0.2, -0.15) is 0 Å². The summed E-state index contributed by atoms with van der Waals surface area (Å²) >= 11 is 0. The van der Waals surface area contributed by atoms with E-state index in [4.69, 9.17) is 4.74 Å². The Bertz CT molecular complexity index is 1070. The third-order valence-corrected chi connectivity index (χ3v) is 7.29. The van der Waals surface area contributed by atoms with Crippen LogP contribution >= 0.6 is 0 Å². The fraction of sp³-hybridized carbons (Fsp3) is 0.481. The first-order chi connectivity index (χ1) is 17.1. The first-order valence-electron chi connectivity index (χ1n) is 12.4. The highest BCUT2D eigenvalue weighted by Gasteiger charge is 2.29. The lowest BCUT2D eigenvalue weighted by atomic mass is 10.1. The Balaban J connectivity index is 2.21. The van der Waals surface area contributed by atoms with Crippen LogP contribution in [-0.4, -0.2) is 57.1 Å². The fourth-order valence-corrected chi connectivity index (χ4v) is 4.85. The second kappa shape index (κ2) is 13.9. The van der Waals surface area contributed by atoms with Crippen molar-refractivity contribution in [2.75, 3.05) is 24.2 Å². The van der Waals surface area contributed by atoms with Crippen LogP contribution in [0.15, 0.2) is 54.6 Å². The van der Waals surface area contributed by atoms with Crippen LogP contribution < -0.4 is 14.4 Å². The highest BCUT2D eigenvalue weighted by atomic mass is 32.2. The summed E-state index contributed by atoms with van der Waals surface area (Å²) in [6.45, 7) is 6.25. The lowest BCUT2D eigenvalue weighted by molar-refractivity contribution is -0.141. The SMILES string of the molecule is CC[C@@H](C)NC(=O)[C@@H](CC)N(Cc1ccc(OC)cc1)C(=O)CCCN(c1ccccc1)S(C)(=O)=O. The van der Waals surface area contributed by atoms with E-state index in [9.17, 15) is 18.0 Å². The van der Waals surface area contributed by atoms with E-state index in [1.807, 2.05) is 51.1 Å². The zero-order valence-electron chi connectivity index (χ0n) is 21.9. The predicted molar refractivity (Wildman–Crippen MR) is 143 cm³/mol. The van der Waals surface area contributed by atoms with Gasteiger partial charge in [-0.15, -0.1) is 0 Å². The number of nitrogens with zero attached hydrogens (tertiary/aromatic N) is 2. The van der Waals surface area contributed by atoms with Gasteiger partial charge in [0.2, 0.25) is 21.8 Å². The first kappa shape index (κ1) is 29.2. The summed E-state index contributed by atoms with van der Waals surface area (Å²) in [6.07, 6.45) is 2.84. The van der Waals surface area contributed by atoms with Crippen molar-refractivity contribution in [3.8, 4) is 5.75 Å². The van der Waals surface area contributed by atoms with Gasteiger partial charge in [-0.1, -0.05) is 44.2 Å². The van der Waals surface area contributed by atoms with Crippen molar-refractivity contribution in [2.24, 2.45) is 0 Å². The monoisotopic (exact) mass is 517 g/mol. The largest absolute Gasteiger partial charge is 0.497 e. The van der Waals surface area contributed by atoms with Crippen molar-refractivity contribution in [1.29, 1.82) is 0 Å². The number of carbonyl (C=O) groups is 2. The van der Waals surface area contributed by atoms with Gasteiger partial charge < -0.3 is 15.0 Å². The summed E-state index contributed by atoms with van der Waals surface area (Å²) in [7, 11) is -1.92. The number of para-hydroxylation sites is 1. The Morgan fingerprint density at radius 1 is 1.00 bits per heavy atom. The number of rotatable bonds is 14. The average Bonchev–Trinajstić information content (AvgIpc) is 2.86. The summed E-state index contributed by atoms with van der Waals surface area (Å²) in [5, 5.41) is 3.00. The minimum absolute atomic E-state index is 0.00122. The number of hydrogen-bond acceptors (Lipinski definition) is 5. The second-order valence-electron chi connectivity index (χ2n) is 8.89. The molecule has 0 bridgehead atoms. The van der Waals surface area contributed by atoms with E-state index in [1.165, 1.54) is 4.31 Å². The van der Waals surface area contributed by atoms with Crippen molar-refractivity contribution < 1.29 is 22.7 Å². The molecule has 0 aliphatic heterocycles. The van der Waals surface area contributed by atoms with Crippen LogP contribution in [0.3, 0.4) is 0 Å². The predicted octanol–water partition coefficient (Wildman–Crippen LogP) is 3.96. The zero-order valence-corrected chi connectivity index (χ0v) is 22.8. The minimum Gasteiger partial charge on any atom is -0.497 e. The van der Waals surface area contributed by atoms with E-state index in [0.29, 0.717) is 24.3 Å². The topological polar surface area (TPSA) is 96.0 Å². The van der Waals surface area contributed by atoms with E-state index in [1.54, 1.807) is 36.3 Å². The van der Waals surface area contributed by atoms with Gasteiger partial charge in [0.25, 0.3) is 0 Å². The highest BCUT2D eigenvalue weighted by Crippen LogP contribution is 2.20. The molecular formula is C27H39N3O5S. The summed E-state index contributed by atoms with van der Waals surface area (Å²) in [6, 6.07) is 15.6. The van der Waals surface area contributed by atoms with Crippen molar-refractivity contribution in [3.05, 3.63) is 60.2 Å². The number of hydrogen-bond donors (Lipinski definition) is 1. The van der Waals surface area contributed by atoms with Crippen LogP contribution in [0.25, 0.3) is 0 Å². The summed E-state index contributed by atoms with van der Waals surface area (Å²) in [5.74, 6) is 0.328. The Kier molecular flexibility index (Phi) is 11.2. The maximum atomic E-state index is 13.5. The molecule has 0 aliphatic rings. The molecule has 1 N–H and O–H groups in total. The molecule has 0 fully saturated rings. The molecule has 0 aromatic heterocycles. The lowest BCUT2D eigenvalue weighted by Gasteiger charge is -2.32. The van der Waals surface area contributed by atoms with Gasteiger partial charge >= 0.3 is 0 Å². The molecule has 2 aromatic rings. The summed E-state index contributed by atoms with van der Waals surface area (Å²) in [4.78, 5) is 28.1. The number of methoxy groups -OCH3 is 1. The van der Waals surface area contributed by atoms with E-state index in [0.717, 1.165) is 18.2 Å². The van der Waals surface area contributed by atoms with Crippen molar-refractivity contribution in [2.45, 2.75) is 65.1 Å². The Morgan fingerprint density at radius 2 is 1.64 bits per heavy atom. The van der Waals surface area contributed by atoms with Crippen LogP contribution in [0.5, 0.6) is 5.75 Å². The van der Waals surface area contributed by atoms with Crippen LogP contribution in [-0.2, 0) is 26.2 Å². The van der Waals surface area contributed by atoms with Gasteiger partial charge in [-0.05, 0) is 56.0 Å². The molecule has 36 heavy (non-hydrogen) atoms. The van der Waals surface area contributed by atoms with Crippen LogP contribution in [0.4, 0.5) is 5.69 Å².